The summed E-state index contributed by atoms with van der Waals surface area (Å²) in [4.78, 5) is 4.72. The number of hydrogen-bond acceptors (Lipinski definition) is 2. The molecule has 0 aliphatic heterocycles. The van der Waals surface area contributed by atoms with Crippen LogP contribution in [0.15, 0.2) is 103 Å². The van der Waals surface area contributed by atoms with Crippen LogP contribution in [0.5, 0.6) is 0 Å². The molecular formula is C26H28NPS. The highest BCUT2D eigenvalue weighted by Crippen LogP contribution is 2.56. The van der Waals surface area contributed by atoms with Gasteiger partial charge in [-0.1, -0.05) is 98.0 Å². The molecule has 0 saturated heterocycles. The van der Waals surface area contributed by atoms with E-state index in [0.29, 0.717) is 0 Å². The predicted octanol–water partition coefficient (Wildman–Crippen LogP) is 6.69. The summed E-state index contributed by atoms with van der Waals surface area (Å²) in [6.07, 6.45) is 7.88. The number of hydrogen-bond donors (Lipinski definition) is 0. The second-order valence-electron chi connectivity index (χ2n) is 7.02. The SMILES string of the molecule is C=CC/C(=C(\CCCC)c1ccccn1)P(=S)(c1ccccc1)c1ccccc1. The summed E-state index contributed by atoms with van der Waals surface area (Å²) < 4.78 is 0. The van der Waals surface area contributed by atoms with Gasteiger partial charge in [0.05, 0.1) is 5.69 Å². The van der Waals surface area contributed by atoms with E-state index < -0.39 is 6.04 Å². The zero-order valence-electron chi connectivity index (χ0n) is 17.0. The maximum absolute atomic E-state index is 6.63. The van der Waals surface area contributed by atoms with Crippen LogP contribution in [0.3, 0.4) is 0 Å². The molecule has 1 heterocycles. The minimum Gasteiger partial charge on any atom is -0.257 e. The lowest BCUT2D eigenvalue weighted by atomic mass is 10.0. The van der Waals surface area contributed by atoms with Crippen molar-refractivity contribution >= 4 is 34.0 Å². The maximum atomic E-state index is 6.63. The average molecular weight is 418 g/mol. The average Bonchev–Trinajstić information content (AvgIpc) is 2.80. The Balaban J connectivity index is 2.35. The summed E-state index contributed by atoms with van der Waals surface area (Å²) in [6.45, 7) is 6.30. The van der Waals surface area contributed by atoms with Crippen LogP contribution >= 0.6 is 6.04 Å². The van der Waals surface area contributed by atoms with Crippen molar-refractivity contribution < 1.29 is 0 Å². The zero-order valence-corrected chi connectivity index (χ0v) is 18.7. The molecule has 1 aromatic heterocycles. The highest BCUT2D eigenvalue weighted by molar-refractivity contribution is 8.24. The van der Waals surface area contributed by atoms with Crippen LogP contribution in [0.25, 0.3) is 5.57 Å². The Bertz CT molecular complexity index is 951. The van der Waals surface area contributed by atoms with Gasteiger partial charge in [-0.3, -0.25) is 4.98 Å². The van der Waals surface area contributed by atoms with E-state index in [9.17, 15) is 0 Å². The van der Waals surface area contributed by atoms with Gasteiger partial charge < -0.3 is 0 Å². The minimum absolute atomic E-state index is 0.774. The lowest BCUT2D eigenvalue weighted by Crippen LogP contribution is -2.18. The van der Waals surface area contributed by atoms with Gasteiger partial charge in [0.25, 0.3) is 0 Å². The van der Waals surface area contributed by atoms with Crippen molar-refractivity contribution in [3.8, 4) is 0 Å². The molecule has 0 aliphatic carbocycles. The molecule has 0 saturated carbocycles. The molecule has 3 aromatic rings. The third-order valence-corrected chi connectivity index (χ3v) is 10.2. The summed E-state index contributed by atoms with van der Waals surface area (Å²) in [6, 6.07) is 25.2. The topological polar surface area (TPSA) is 12.9 Å². The highest BCUT2D eigenvalue weighted by atomic mass is 32.4. The van der Waals surface area contributed by atoms with Crippen LogP contribution in [-0.4, -0.2) is 4.98 Å². The van der Waals surface area contributed by atoms with Gasteiger partial charge in [0.15, 0.2) is 0 Å². The Morgan fingerprint density at radius 2 is 1.52 bits per heavy atom. The van der Waals surface area contributed by atoms with Gasteiger partial charge in [-0.25, -0.2) is 0 Å². The molecule has 2 aromatic carbocycles. The first-order chi connectivity index (χ1) is 14.2. The first-order valence-electron chi connectivity index (χ1n) is 10.2. The molecule has 0 amide bonds. The van der Waals surface area contributed by atoms with E-state index in [-0.39, 0.29) is 0 Å². The summed E-state index contributed by atoms with van der Waals surface area (Å²) in [5.41, 5.74) is 2.34. The van der Waals surface area contributed by atoms with Crippen LogP contribution in [0, 0.1) is 0 Å². The molecule has 0 N–H and O–H groups in total. The maximum Gasteiger partial charge on any atom is 0.0665 e. The number of allylic oxidation sites excluding steroid dienone is 3. The number of aromatic nitrogens is 1. The zero-order chi connectivity index (χ0) is 20.5. The smallest absolute Gasteiger partial charge is 0.0665 e. The van der Waals surface area contributed by atoms with E-state index in [2.05, 4.69) is 86.3 Å². The molecule has 0 spiro atoms. The fourth-order valence-corrected chi connectivity index (χ4v) is 8.01. The second kappa shape index (κ2) is 10.5. The monoisotopic (exact) mass is 417 g/mol. The molecule has 0 radical (unpaired) electrons. The van der Waals surface area contributed by atoms with Crippen LogP contribution in [0.4, 0.5) is 0 Å². The lowest BCUT2D eigenvalue weighted by Gasteiger charge is -2.29. The molecule has 3 heteroatoms. The summed E-state index contributed by atoms with van der Waals surface area (Å²) in [5, 5.41) is 3.76. The normalized spacial score (nSPS) is 12.3. The third kappa shape index (κ3) is 4.83. The Labute approximate surface area is 180 Å². The summed E-state index contributed by atoms with van der Waals surface area (Å²) in [7, 11) is 0. The largest absolute Gasteiger partial charge is 0.257 e. The lowest BCUT2D eigenvalue weighted by molar-refractivity contribution is 0.820. The molecule has 0 fully saturated rings. The molecule has 1 nitrogen and oxygen atoms in total. The van der Waals surface area contributed by atoms with E-state index in [1.165, 1.54) is 21.5 Å². The summed E-state index contributed by atoms with van der Waals surface area (Å²) in [5.74, 6) is 0. The van der Waals surface area contributed by atoms with Crippen LogP contribution < -0.4 is 10.6 Å². The van der Waals surface area contributed by atoms with Gasteiger partial charge >= 0.3 is 0 Å². The number of nitrogens with zero attached hydrogens (tertiary/aromatic N) is 1. The Kier molecular flexibility index (Phi) is 7.75. The van der Waals surface area contributed by atoms with Crippen molar-refractivity contribution in [1.29, 1.82) is 0 Å². The highest BCUT2D eigenvalue weighted by Gasteiger charge is 2.29. The molecule has 0 aliphatic rings. The van der Waals surface area contributed by atoms with Crippen LogP contribution in [0.1, 0.15) is 38.3 Å². The van der Waals surface area contributed by atoms with Gasteiger partial charge in [-0.2, -0.15) is 0 Å². The van der Waals surface area contributed by atoms with E-state index in [4.69, 9.17) is 16.8 Å². The van der Waals surface area contributed by atoms with E-state index in [0.717, 1.165) is 31.4 Å². The van der Waals surface area contributed by atoms with E-state index in [1.807, 2.05) is 18.3 Å². The van der Waals surface area contributed by atoms with E-state index in [1.54, 1.807) is 0 Å². The number of benzene rings is 2. The van der Waals surface area contributed by atoms with Crippen LogP contribution in [-0.2, 0) is 11.8 Å². The molecule has 3 rings (SSSR count). The third-order valence-electron chi connectivity index (χ3n) is 5.06. The Hall–Kier alpha value is -2.28. The molecule has 29 heavy (non-hydrogen) atoms. The molecule has 0 unspecified atom stereocenters. The van der Waals surface area contributed by atoms with Crippen molar-refractivity contribution in [3.05, 3.63) is 109 Å². The molecule has 0 bridgehead atoms. The van der Waals surface area contributed by atoms with Crippen molar-refractivity contribution in [1.82, 2.24) is 4.98 Å². The Morgan fingerprint density at radius 3 is 2.00 bits per heavy atom. The van der Waals surface area contributed by atoms with Gasteiger partial charge in [0.1, 0.15) is 0 Å². The molecular weight excluding hydrogens is 389 g/mol. The van der Waals surface area contributed by atoms with Gasteiger partial charge in [0, 0.05) is 12.2 Å². The fourth-order valence-electron chi connectivity index (χ4n) is 3.63. The summed E-state index contributed by atoms with van der Waals surface area (Å²) >= 11 is 6.63. The second-order valence-corrected chi connectivity index (χ2v) is 11.5. The fraction of sp³-hybridized carbons (Fsp3) is 0.192. The standard InChI is InChI=1S/C26H28NPS/c1-3-5-19-24(25-20-12-13-21-27-25)26(14-4-2)28(29,22-15-8-6-9-16-22)23-17-10-7-11-18-23/h4,6-13,15-18,20-21H,2-3,5,14,19H2,1H3/b26-24-. The Morgan fingerprint density at radius 1 is 0.931 bits per heavy atom. The number of pyridine rings is 1. The van der Waals surface area contributed by atoms with Crippen molar-refractivity contribution in [2.24, 2.45) is 0 Å². The van der Waals surface area contributed by atoms with Gasteiger partial charge in [-0.05, 0) is 52.9 Å². The van der Waals surface area contributed by atoms with Crippen molar-refractivity contribution in [2.75, 3.05) is 0 Å². The predicted molar refractivity (Wildman–Crippen MR) is 132 cm³/mol. The quantitative estimate of drug-likeness (QED) is 0.284. The number of rotatable bonds is 9. The van der Waals surface area contributed by atoms with Crippen LogP contribution in [0.2, 0.25) is 0 Å². The van der Waals surface area contributed by atoms with Crippen molar-refractivity contribution in [3.63, 3.8) is 0 Å². The molecule has 0 atom stereocenters. The molecule has 148 valence electrons. The van der Waals surface area contributed by atoms with Gasteiger partial charge in [-0.15, -0.1) is 6.58 Å². The minimum atomic E-state index is -2.21. The van der Waals surface area contributed by atoms with Crippen molar-refractivity contribution in [2.45, 2.75) is 32.6 Å². The first kappa shape index (κ1) is 21.4. The number of unbranched alkanes of at least 4 members (excludes halogenated alkanes) is 1. The van der Waals surface area contributed by atoms with Gasteiger partial charge in [0.2, 0.25) is 0 Å². The van der Waals surface area contributed by atoms with E-state index >= 15 is 0 Å². The first-order valence-corrected chi connectivity index (χ1v) is 13.0.